The monoisotopic (exact) mass is 218 g/mol. The molecule has 1 heteroatoms. The SMILES string of the molecule is CC[As](CC(C)C)CC(C)C. The van der Waals surface area contributed by atoms with Crippen molar-refractivity contribution in [3.63, 3.8) is 0 Å². The summed E-state index contributed by atoms with van der Waals surface area (Å²) in [7, 11) is 0. The third kappa shape index (κ3) is 6.94. The summed E-state index contributed by atoms with van der Waals surface area (Å²) in [5.41, 5.74) is 0. The van der Waals surface area contributed by atoms with Crippen molar-refractivity contribution in [1.82, 2.24) is 0 Å². The first-order chi connectivity index (χ1) is 5.06. The van der Waals surface area contributed by atoms with E-state index in [9.17, 15) is 0 Å². The summed E-state index contributed by atoms with van der Waals surface area (Å²) in [4.78, 5) is 0. The van der Waals surface area contributed by atoms with Gasteiger partial charge in [0.15, 0.2) is 0 Å². The summed E-state index contributed by atoms with van der Waals surface area (Å²) in [5, 5.41) is 4.62. The molecule has 68 valence electrons. The summed E-state index contributed by atoms with van der Waals surface area (Å²) in [6, 6.07) is 0. The zero-order valence-electron chi connectivity index (χ0n) is 8.72. The van der Waals surface area contributed by atoms with Gasteiger partial charge in [0.1, 0.15) is 0 Å². The summed E-state index contributed by atoms with van der Waals surface area (Å²) >= 11 is -0.394. The van der Waals surface area contributed by atoms with Gasteiger partial charge in [-0.2, -0.15) is 0 Å². The maximum atomic E-state index is 2.38. The number of hydrogen-bond donors (Lipinski definition) is 0. The van der Waals surface area contributed by atoms with Crippen molar-refractivity contribution in [2.75, 3.05) is 0 Å². The van der Waals surface area contributed by atoms with Crippen LogP contribution in [0.15, 0.2) is 0 Å². The molecule has 0 spiro atoms. The average molecular weight is 218 g/mol. The van der Waals surface area contributed by atoms with Gasteiger partial charge in [0.25, 0.3) is 0 Å². The van der Waals surface area contributed by atoms with E-state index in [0.29, 0.717) is 0 Å². The van der Waals surface area contributed by atoms with Gasteiger partial charge in [-0.1, -0.05) is 0 Å². The molecular weight excluding hydrogens is 195 g/mol. The van der Waals surface area contributed by atoms with E-state index in [4.69, 9.17) is 0 Å². The quantitative estimate of drug-likeness (QED) is 0.615. The van der Waals surface area contributed by atoms with Gasteiger partial charge in [0.05, 0.1) is 0 Å². The van der Waals surface area contributed by atoms with E-state index in [-0.39, 0.29) is 0 Å². The zero-order chi connectivity index (χ0) is 8.85. The van der Waals surface area contributed by atoms with Crippen LogP contribution >= 0.6 is 0 Å². The van der Waals surface area contributed by atoms with Gasteiger partial charge in [-0.3, -0.25) is 0 Å². The molecule has 0 nitrogen and oxygen atoms in total. The van der Waals surface area contributed by atoms with Crippen molar-refractivity contribution in [1.29, 1.82) is 0 Å². The van der Waals surface area contributed by atoms with Gasteiger partial charge in [0, 0.05) is 0 Å². The third-order valence-corrected chi connectivity index (χ3v) is 8.80. The first-order valence-electron chi connectivity index (χ1n) is 4.78. The summed E-state index contributed by atoms with van der Waals surface area (Å²) in [6.07, 6.45) is 0. The molecule has 11 heavy (non-hydrogen) atoms. The van der Waals surface area contributed by atoms with E-state index >= 15 is 0 Å². The number of hydrogen-bond acceptors (Lipinski definition) is 0. The van der Waals surface area contributed by atoms with Crippen LogP contribution < -0.4 is 0 Å². The van der Waals surface area contributed by atoms with Crippen LogP contribution in [0.3, 0.4) is 0 Å². The Hall–Kier alpha value is 0.558. The Morgan fingerprint density at radius 3 is 1.45 bits per heavy atom. The molecule has 0 aromatic rings. The molecule has 0 bridgehead atoms. The van der Waals surface area contributed by atoms with E-state index in [1.165, 1.54) is 5.21 Å². The molecule has 0 saturated carbocycles. The molecule has 0 atom stereocenters. The van der Waals surface area contributed by atoms with Crippen molar-refractivity contribution < 1.29 is 0 Å². The second-order valence-electron chi connectivity index (χ2n) is 4.14. The van der Waals surface area contributed by atoms with Crippen LogP contribution in [-0.4, -0.2) is 14.7 Å². The summed E-state index contributed by atoms with van der Waals surface area (Å²) < 4.78 is 0. The molecule has 0 N–H and O–H groups in total. The van der Waals surface area contributed by atoms with E-state index < -0.39 is 14.7 Å². The molecule has 0 heterocycles. The Morgan fingerprint density at radius 1 is 0.909 bits per heavy atom. The average Bonchev–Trinajstić information content (AvgIpc) is 1.84. The van der Waals surface area contributed by atoms with Crippen molar-refractivity contribution in [3.8, 4) is 0 Å². The van der Waals surface area contributed by atoms with Crippen LogP contribution in [0.1, 0.15) is 34.6 Å². The van der Waals surface area contributed by atoms with Gasteiger partial charge < -0.3 is 0 Å². The van der Waals surface area contributed by atoms with E-state index in [0.717, 1.165) is 11.8 Å². The molecule has 0 amide bonds. The Morgan fingerprint density at radius 2 is 1.27 bits per heavy atom. The second kappa shape index (κ2) is 6.12. The Labute approximate surface area is 77.0 Å². The summed E-state index contributed by atoms with van der Waals surface area (Å²) in [5.74, 6) is 1.88. The molecule has 0 aliphatic heterocycles. The fraction of sp³-hybridized carbons (Fsp3) is 1.00. The minimum absolute atomic E-state index is 0.394. The van der Waals surface area contributed by atoms with Crippen LogP contribution in [0.4, 0.5) is 0 Å². The molecule has 0 aliphatic carbocycles. The third-order valence-electron chi connectivity index (χ3n) is 1.69. The van der Waals surface area contributed by atoms with Crippen molar-refractivity contribution in [2.45, 2.75) is 50.2 Å². The second-order valence-corrected chi connectivity index (χ2v) is 9.81. The van der Waals surface area contributed by atoms with Gasteiger partial charge in [-0.25, -0.2) is 0 Å². The van der Waals surface area contributed by atoms with E-state index in [1.807, 2.05) is 0 Å². The molecule has 0 saturated heterocycles. The molecule has 0 radical (unpaired) electrons. The molecule has 0 aromatic carbocycles. The first kappa shape index (κ1) is 11.6. The van der Waals surface area contributed by atoms with Crippen molar-refractivity contribution in [2.24, 2.45) is 11.8 Å². The molecule has 0 fully saturated rings. The Kier molecular flexibility index (Phi) is 6.43. The topological polar surface area (TPSA) is 0 Å². The molecule has 0 aliphatic rings. The zero-order valence-corrected chi connectivity index (χ0v) is 10.6. The van der Waals surface area contributed by atoms with Crippen LogP contribution in [0.2, 0.25) is 15.6 Å². The number of rotatable bonds is 5. The maximum absolute atomic E-state index is 2.38. The van der Waals surface area contributed by atoms with Gasteiger partial charge in [-0.05, 0) is 0 Å². The van der Waals surface area contributed by atoms with Crippen LogP contribution in [0.5, 0.6) is 0 Å². The van der Waals surface area contributed by atoms with Crippen LogP contribution in [0, 0.1) is 11.8 Å². The molecule has 0 unspecified atom stereocenters. The van der Waals surface area contributed by atoms with Crippen LogP contribution in [-0.2, 0) is 0 Å². The standard InChI is InChI=1S/C10H23As/c1-6-11(7-9(2)3)8-10(4)5/h9-10H,6-8H2,1-5H3. The molecular formula is C10H23As. The fourth-order valence-electron chi connectivity index (χ4n) is 1.37. The van der Waals surface area contributed by atoms with E-state index in [1.54, 1.807) is 10.4 Å². The van der Waals surface area contributed by atoms with Crippen molar-refractivity contribution in [3.05, 3.63) is 0 Å². The first-order valence-corrected chi connectivity index (χ1v) is 8.76. The normalized spacial score (nSPS) is 12.0. The van der Waals surface area contributed by atoms with Crippen molar-refractivity contribution >= 4 is 14.7 Å². The summed E-state index contributed by atoms with van der Waals surface area (Å²) in [6.45, 7) is 11.8. The Balaban J connectivity index is 3.58. The van der Waals surface area contributed by atoms with E-state index in [2.05, 4.69) is 34.6 Å². The Bertz CT molecular complexity index is 76.9. The predicted octanol–water partition coefficient (Wildman–Crippen LogP) is 3.81. The van der Waals surface area contributed by atoms with Gasteiger partial charge in [-0.15, -0.1) is 0 Å². The van der Waals surface area contributed by atoms with Crippen LogP contribution in [0.25, 0.3) is 0 Å². The minimum atomic E-state index is -0.394. The van der Waals surface area contributed by atoms with Gasteiger partial charge >= 0.3 is 76.7 Å². The fourth-order valence-corrected chi connectivity index (χ4v) is 7.10. The molecule has 0 aromatic heterocycles. The predicted molar refractivity (Wildman–Crippen MR) is 55.5 cm³/mol. The van der Waals surface area contributed by atoms with Gasteiger partial charge in [0.2, 0.25) is 0 Å². The molecule has 0 rings (SSSR count).